The summed E-state index contributed by atoms with van der Waals surface area (Å²) in [6, 6.07) is 15.4. The van der Waals surface area contributed by atoms with Crippen molar-refractivity contribution in [1.29, 1.82) is 0 Å². The quantitative estimate of drug-likeness (QED) is 0.426. The van der Waals surface area contributed by atoms with Crippen molar-refractivity contribution < 1.29 is 9.53 Å². The van der Waals surface area contributed by atoms with Crippen LogP contribution in [0.4, 0.5) is 11.6 Å². The normalized spacial score (nSPS) is 15.8. The lowest BCUT2D eigenvalue weighted by Gasteiger charge is -2.33. The van der Waals surface area contributed by atoms with Crippen LogP contribution in [0.15, 0.2) is 73.7 Å². The number of hydrogen-bond acceptors (Lipinski definition) is 7. The maximum absolute atomic E-state index is 12.1. The van der Waals surface area contributed by atoms with Crippen LogP contribution in [0, 0.1) is 0 Å². The van der Waals surface area contributed by atoms with Gasteiger partial charge in [0.1, 0.15) is 23.5 Å². The molecule has 0 radical (unpaired) electrons. The minimum absolute atomic E-state index is 0.0263. The van der Waals surface area contributed by atoms with E-state index in [4.69, 9.17) is 10.5 Å². The van der Waals surface area contributed by atoms with Gasteiger partial charge in [0, 0.05) is 24.5 Å². The molecule has 3 N–H and O–H groups in total. The Kier molecular flexibility index (Phi) is 5.82. The number of anilines is 2. The van der Waals surface area contributed by atoms with Gasteiger partial charge in [0.05, 0.1) is 11.7 Å². The molecule has 1 fully saturated rings. The summed E-state index contributed by atoms with van der Waals surface area (Å²) in [5.74, 6) is 2.28. The number of nitrogens with one attached hydrogen (secondary N) is 1. The topological polar surface area (TPSA) is 111 Å². The molecule has 1 unspecified atom stereocenters. The Bertz CT molecular complexity index is 1340. The molecule has 0 bridgehead atoms. The van der Waals surface area contributed by atoms with Gasteiger partial charge in [-0.3, -0.25) is 4.79 Å². The van der Waals surface area contributed by atoms with E-state index < -0.39 is 0 Å². The number of ether oxygens (including phenoxy) is 1. The van der Waals surface area contributed by atoms with Crippen LogP contribution >= 0.6 is 0 Å². The van der Waals surface area contributed by atoms with E-state index in [0.29, 0.717) is 29.6 Å². The zero-order valence-electron chi connectivity index (χ0n) is 18.6. The SMILES string of the molecule is C=CC(=O)N1CCCC(Nc2ncnc(N)c2-n2ncc3cc(Oc4ccccc4)ccc32)C1. The third kappa shape index (κ3) is 4.27. The molecule has 1 amide bonds. The Morgan fingerprint density at radius 2 is 2.03 bits per heavy atom. The van der Waals surface area contributed by atoms with Gasteiger partial charge in [-0.1, -0.05) is 24.8 Å². The highest BCUT2D eigenvalue weighted by Gasteiger charge is 2.24. The Balaban J connectivity index is 1.44. The van der Waals surface area contributed by atoms with E-state index >= 15 is 0 Å². The molecule has 2 aromatic carbocycles. The van der Waals surface area contributed by atoms with Gasteiger partial charge in [0.2, 0.25) is 5.91 Å². The smallest absolute Gasteiger partial charge is 0.246 e. The van der Waals surface area contributed by atoms with Crippen LogP contribution in [-0.4, -0.2) is 49.7 Å². The fraction of sp³-hybridized carbons (Fsp3) is 0.200. The van der Waals surface area contributed by atoms with Crippen molar-refractivity contribution in [2.75, 3.05) is 24.1 Å². The molecule has 4 aromatic rings. The van der Waals surface area contributed by atoms with E-state index in [2.05, 4.69) is 27.0 Å². The Morgan fingerprint density at radius 3 is 2.85 bits per heavy atom. The molecule has 3 heterocycles. The number of nitrogens with zero attached hydrogens (tertiary/aromatic N) is 5. The molecule has 1 aliphatic rings. The molecule has 2 aromatic heterocycles. The first-order chi connectivity index (χ1) is 16.6. The zero-order chi connectivity index (χ0) is 23.5. The predicted octanol–water partition coefficient (Wildman–Crippen LogP) is 3.78. The van der Waals surface area contributed by atoms with Gasteiger partial charge in [0.25, 0.3) is 0 Å². The van der Waals surface area contributed by atoms with E-state index in [0.717, 1.165) is 36.0 Å². The Labute approximate surface area is 196 Å². The molecule has 1 saturated heterocycles. The third-order valence-corrected chi connectivity index (χ3v) is 5.83. The summed E-state index contributed by atoms with van der Waals surface area (Å²) in [4.78, 5) is 22.5. The van der Waals surface area contributed by atoms with Gasteiger partial charge in [0.15, 0.2) is 11.6 Å². The van der Waals surface area contributed by atoms with Gasteiger partial charge in [-0.2, -0.15) is 5.10 Å². The van der Waals surface area contributed by atoms with Crippen molar-refractivity contribution in [2.24, 2.45) is 0 Å². The lowest BCUT2D eigenvalue weighted by Crippen LogP contribution is -2.44. The maximum Gasteiger partial charge on any atom is 0.246 e. The number of carbonyl (C=O) groups is 1. The molecule has 5 rings (SSSR count). The molecule has 172 valence electrons. The fourth-order valence-corrected chi connectivity index (χ4v) is 4.20. The monoisotopic (exact) mass is 455 g/mol. The van der Waals surface area contributed by atoms with Crippen LogP contribution in [0.3, 0.4) is 0 Å². The minimum atomic E-state index is -0.0690. The van der Waals surface area contributed by atoms with E-state index in [9.17, 15) is 4.79 Å². The predicted molar refractivity (Wildman–Crippen MR) is 131 cm³/mol. The summed E-state index contributed by atoms with van der Waals surface area (Å²) in [5, 5.41) is 8.91. The Morgan fingerprint density at radius 1 is 1.18 bits per heavy atom. The number of nitrogen functional groups attached to an aromatic ring is 1. The average Bonchev–Trinajstić information content (AvgIpc) is 3.27. The van der Waals surface area contributed by atoms with Crippen LogP contribution in [0.25, 0.3) is 16.6 Å². The van der Waals surface area contributed by atoms with Crippen molar-refractivity contribution in [2.45, 2.75) is 18.9 Å². The van der Waals surface area contributed by atoms with Crippen molar-refractivity contribution in [3.63, 3.8) is 0 Å². The number of benzene rings is 2. The van der Waals surface area contributed by atoms with E-state index in [-0.39, 0.29) is 11.9 Å². The minimum Gasteiger partial charge on any atom is -0.457 e. The number of likely N-dealkylation sites (tertiary alicyclic amines) is 1. The van der Waals surface area contributed by atoms with Gasteiger partial charge >= 0.3 is 0 Å². The summed E-state index contributed by atoms with van der Waals surface area (Å²) >= 11 is 0. The van der Waals surface area contributed by atoms with Crippen LogP contribution in [0.5, 0.6) is 11.5 Å². The zero-order valence-corrected chi connectivity index (χ0v) is 18.6. The van der Waals surface area contributed by atoms with Crippen molar-refractivity contribution in [1.82, 2.24) is 24.6 Å². The molecular weight excluding hydrogens is 430 g/mol. The molecular formula is C25H25N7O2. The summed E-state index contributed by atoms with van der Waals surface area (Å²) < 4.78 is 7.68. The molecule has 34 heavy (non-hydrogen) atoms. The highest BCUT2D eigenvalue weighted by atomic mass is 16.5. The first-order valence-electron chi connectivity index (χ1n) is 11.1. The third-order valence-electron chi connectivity index (χ3n) is 5.83. The summed E-state index contributed by atoms with van der Waals surface area (Å²) in [6.45, 7) is 4.88. The second kappa shape index (κ2) is 9.22. The largest absolute Gasteiger partial charge is 0.457 e. The number of hydrogen-bond donors (Lipinski definition) is 2. The van der Waals surface area contributed by atoms with Gasteiger partial charge < -0.3 is 20.7 Å². The second-order valence-corrected chi connectivity index (χ2v) is 8.12. The van der Waals surface area contributed by atoms with E-state index in [1.54, 1.807) is 15.8 Å². The number of piperidine rings is 1. The lowest BCUT2D eigenvalue weighted by molar-refractivity contribution is -0.127. The van der Waals surface area contributed by atoms with Gasteiger partial charge in [-0.05, 0) is 49.2 Å². The van der Waals surface area contributed by atoms with Crippen molar-refractivity contribution in [3.8, 4) is 17.2 Å². The standard InChI is InChI=1S/C25H25N7O2/c1-2-22(33)31-12-6-7-18(15-31)30-25-23(24(26)27-16-28-25)32-21-11-10-20(13-17(21)14-29-32)34-19-8-4-3-5-9-19/h2-5,8-11,13-14,16,18H,1,6-7,12,15H2,(H3,26,27,28,30). The van der Waals surface area contributed by atoms with Gasteiger partial charge in [-0.15, -0.1) is 0 Å². The lowest BCUT2D eigenvalue weighted by atomic mass is 10.1. The molecule has 9 nitrogen and oxygen atoms in total. The van der Waals surface area contributed by atoms with Gasteiger partial charge in [-0.25, -0.2) is 14.6 Å². The number of amides is 1. The number of rotatable bonds is 6. The van der Waals surface area contributed by atoms with E-state index in [1.807, 2.05) is 48.5 Å². The first-order valence-corrected chi connectivity index (χ1v) is 11.1. The van der Waals surface area contributed by atoms with Crippen molar-refractivity contribution in [3.05, 3.63) is 73.7 Å². The van der Waals surface area contributed by atoms with Crippen LogP contribution in [0.2, 0.25) is 0 Å². The molecule has 0 aliphatic carbocycles. The summed E-state index contributed by atoms with van der Waals surface area (Å²) in [5.41, 5.74) is 7.70. The number of para-hydroxylation sites is 1. The number of carbonyl (C=O) groups excluding carboxylic acids is 1. The maximum atomic E-state index is 12.1. The first kappa shape index (κ1) is 21.4. The molecule has 1 atom stereocenters. The summed E-state index contributed by atoms with van der Waals surface area (Å²) in [6.07, 6.45) is 6.33. The molecule has 0 spiro atoms. The second-order valence-electron chi connectivity index (χ2n) is 8.12. The van der Waals surface area contributed by atoms with Crippen LogP contribution < -0.4 is 15.8 Å². The van der Waals surface area contributed by atoms with Crippen LogP contribution in [-0.2, 0) is 4.79 Å². The fourth-order valence-electron chi connectivity index (χ4n) is 4.20. The average molecular weight is 456 g/mol. The molecule has 0 saturated carbocycles. The number of nitrogens with two attached hydrogens (primary N) is 1. The number of fused-ring (bicyclic) bond motifs is 1. The van der Waals surface area contributed by atoms with Crippen LogP contribution in [0.1, 0.15) is 12.8 Å². The highest BCUT2D eigenvalue weighted by Crippen LogP contribution is 2.31. The molecule has 9 heteroatoms. The van der Waals surface area contributed by atoms with E-state index in [1.165, 1.54) is 12.4 Å². The number of aromatic nitrogens is 4. The Hall–Kier alpha value is -4.40. The molecule has 1 aliphatic heterocycles. The summed E-state index contributed by atoms with van der Waals surface area (Å²) in [7, 11) is 0. The highest BCUT2D eigenvalue weighted by molar-refractivity contribution is 5.87. The van der Waals surface area contributed by atoms with Crippen molar-refractivity contribution >= 4 is 28.4 Å².